The summed E-state index contributed by atoms with van der Waals surface area (Å²) in [5, 5.41) is 2.54. The van der Waals surface area contributed by atoms with E-state index in [0.29, 0.717) is 13.1 Å². The van der Waals surface area contributed by atoms with Gasteiger partial charge in [-0.1, -0.05) is 31.2 Å². The van der Waals surface area contributed by atoms with Crippen LogP contribution in [-0.4, -0.2) is 68.3 Å². The minimum atomic E-state index is -0.531. The molecule has 0 unspecified atom stereocenters. The van der Waals surface area contributed by atoms with Gasteiger partial charge in [0.05, 0.1) is 25.3 Å². The fourth-order valence-electron chi connectivity index (χ4n) is 5.33. The number of ether oxygens (including phenoxy) is 1. The molecule has 5 rings (SSSR count). The molecule has 0 aliphatic carbocycles. The zero-order chi connectivity index (χ0) is 28.8. The molecule has 0 radical (unpaired) electrons. The van der Waals surface area contributed by atoms with E-state index in [1.165, 1.54) is 29.6 Å². The summed E-state index contributed by atoms with van der Waals surface area (Å²) in [5.74, 6) is -0.155. The van der Waals surface area contributed by atoms with Crippen molar-refractivity contribution < 1.29 is 18.7 Å². The summed E-state index contributed by atoms with van der Waals surface area (Å²) in [6.07, 6.45) is 0.853. The molecule has 7 nitrogen and oxygen atoms in total. The van der Waals surface area contributed by atoms with Gasteiger partial charge in [-0.3, -0.25) is 14.5 Å². The van der Waals surface area contributed by atoms with Crippen molar-refractivity contribution in [3.05, 3.63) is 84.2 Å². The molecule has 1 N–H and O–H groups in total. The molecule has 9 heteroatoms. The standard InChI is InChI=1S/C32H37FN4O3S/c1-23(30-32(39)37(22-24-8-10-25(33)11-9-24)28-6-3-4-7-29(28)41-30)31(38)34-16-5-17-35-18-20-36(21-19-35)26-12-14-27(40-2)15-13-26/h3-4,6-15,23,30H,5,16-22H2,1-2H3,(H,34,38)/t23-,30+/m1/s1. The molecular weight excluding hydrogens is 539 g/mol. The summed E-state index contributed by atoms with van der Waals surface area (Å²) in [7, 11) is 1.68. The molecule has 0 saturated carbocycles. The van der Waals surface area contributed by atoms with Crippen LogP contribution in [0.1, 0.15) is 18.9 Å². The minimum absolute atomic E-state index is 0.101. The monoisotopic (exact) mass is 576 g/mol. The first-order chi connectivity index (χ1) is 19.9. The summed E-state index contributed by atoms with van der Waals surface area (Å²) in [4.78, 5) is 34.3. The molecule has 216 valence electrons. The Balaban J connectivity index is 1.10. The second kappa shape index (κ2) is 13.4. The number of rotatable bonds is 10. The van der Waals surface area contributed by atoms with Gasteiger partial charge >= 0.3 is 0 Å². The van der Waals surface area contributed by atoms with E-state index in [1.54, 1.807) is 24.1 Å². The van der Waals surface area contributed by atoms with Gasteiger partial charge in [0.15, 0.2) is 0 Å². The molecular formula is C32H37FN4O3S. The van der Waals surface area contributed by atoms with Crippen LogP contribution in [0.2, 0.25) is 0 Å². The molecule has 2 aliphatic heterocycles. The first kappa shape index (κ1) is 29.0. The molecule has 2 heterocycles. The predicted molar refractivity (Wildman–Crippen MR) is 162 cm³/mol. The lowest BCUT2D eigenvalue weighted by Crippen LogP contribution is -2.48. The molecule has 3 aromatic rings. The predicted octanol–water partition coefficient (Wildman–Crippen LogP) is 4.81. The van der Waals surface area contributed by atoms with Crippen molar-refractivity contribution in [1.29, 1.82) is 0 Å². The van der Waals surface area contributed by atoms with Crippen molar-refractivity contribution in [2.45, 2.75) is 30.0 Å². The van der Waals surface area contributed by atoms with E-state index >= 15 is 0 Å². The number of fused-ring (bicyclic) bond motifs is 1. The molecule has 2 atom stereocenters. The van der Waals surface area contributed by atoms with E-state index in [-0.39, 0.29) is 17.6 Å². The number of halogens is 1. The van der Waals surface area contributed by atoms with Crippen molar-refractivity contribution in [1.82, 2.24) is 10.2 Å². The summed E-state index contributed by atoms with van der Waals surface area (Å²) < 4.78 is 18.7. The molecule has 3 aromatic carbocycles. The van der Waals surface area contributed by atoms with Crippen molar-refractivity contribution in [2.75, 3.05) is 56.2 Å². The van der Waals surface area contributed by atoms with E-state index in [1.807, 2.05) is 43.3 Å². The molecule has 0 aromatic heterocycles. The average Bonchev–Trinajstić information content (AvgIpc) is 3.01. The number of carbonyl (C=O) groups excluding carboxylic acids is 2. The first-order valence-corrected chi connectivity index (χ1v) is 15.0. The number of hydrogen-bond donors (Lipinski definition) is 1. The van der Waals surface area contributed by atoms with Gasteiger partial charge in [0, 0.05) is 43.3 Å². The van der Waals surface area contributed by atoms with Crippen LogP contribution in [0.3, 0.4) is 0 Å². The molecule has 0 spiro atoms. The highest BCUT2D eigenvalue weighted by Gasteiger charge is 2.39. The summed E-state index contributed by atoms with van der Waals surface area (Å²) >= 11 is 1.45. The second-order valence-electron chi connectivity index (χ2n) is 10.5. The molecule has 41 heavy (non-hydrogen) atoms. The molecule has 2 aliphatic rings. The fraction of sp³-hybridized carbons (Fsp3) is 0.375. The summed E-state index contributed by atoms with van der Waals surface area (Å²) in [5.41, 5.74) is 2.87. The lowest BCUT2D eigenvalue weighted by Gasteiger charge is -2.36. The number of piperazine rings is 1. The molecule has 1 saturated heterocycles. The maximum Gasteiger partial charge on any atom is 0.241 e. The smallest absolute Gasteiger partial charge is 0.241 e. The van der Waals surface area contributed by atoms with Crippen LogP contribution in [0.4, 0.5) is 15.8 Å². The lowest BCUT2D eigenvalue weighted by atomic mass is 10.0. The molecule has 1 fully saturated rings. The van der Waals surface area contributed by atoms with Crippen LogP contribution < -0.4 is 19.9 Å². The number of amides is 2. The van der Waals surface area contributed by atoms with Gasteiger partial charge in [-0.05, 0) is 67.1 Å². The van der Waals surface area contributed by atoms with Crippen LogP contribution >= 0.6 is 11.8 Å². The Morgan fingerprint density at radius 3 is 2.44 bits per heavy atom. The number of nitrogens with zero attached hydrogens (tertiary/aromatic N) is 3. The van der Waals surface area contributed by atoms with E-state index in [4.69, 9.17) is 4.74 Å². The van der Waals surface area contributed by atoms with Gasteiger partial charge in [-0.25, -0.2) is 4.39 Å². The molecule has 0 bridgehead atoms. The number of benzene rings is 3. The molecule has 2 amide bonds. The Morgan fingerprint density at radius 2 is 1.73 bits per heavy atom. The van der Waals surface area contributed by atoms with E-state index in [0.717, 1.165) is 61.0 Å². The largest absolute Gasteiger partial charge is 0.497 e. The van der Waals surface area contributed by atoms with Gasteiger partial charge in [0.2, 0.25) is 11.8 Å². The fourth-order valence-corrected chi connectivity index (χ4v) is 6.61. The third-order valence-corrected chi connectivity index (χ3v) is 9.26. The Hall–Kier alpha value is -3.56. The van der Waals surface area contributed by atoms with Crippen LogP contribution in [-0.2, 0) is 16.1 Å². The number of thioether (sulfide) groups is 1. The van der Waals surface area contributed by atoms with Gasteiger partial charge < -0.3 is 19.9 Å². The zero-order valence-corrected chi connectivity index (χ0v) is 24.4. The third-order valence-electron chi connectivity index (χ3n) is 7.80. The maximum absolute atomic E-state index is 13.6. The highest BCUT2D eigenvalue weighted by atomic mass is 32.2. The Morgan fingerprint density at radius 1 is 1.02 bits per heavy atom. The van der Waals surface area contributed by atoms with Crippen molar-refractivity contribution in [3.8, 4) is 5.75 Å². The van der Waals surface area contributed by atoms with Crippen molar-refractivity contribution in [3.63, 3.8) is 0 Å². The number of para-hydroxylation sites is 1. The number of nitrogens with one attached hydrogen (secondary N) is 1. The normalized spacial score (nSPS) is 18.1. The van der Waals surface area contributed by atoms with Crippen molar-refractivity contribution in [2.24, 2.45) is 5.92 Å². The highest BCUT2D eigenvalue weighted by Crippen LogP contribution is 2.42. The summed E-state index contributed by atoms with van der Waals surface area (Å²) in [6, 6.07) is 22.1. The van der Waals surface area contributed by atoms with Crippen LogP contribution in [0, 0.1) is 11.7 Å². The van der Waals surface area contributed by atoms with Crippen LogP contribution in [0.25, 0.3) is 0 Å². The van der Waals surface area contributed by atoms with E-state index in [2.05, 4.69) is 27.2 Å². The zero-order valence-electron chi connectivity index (χ0n) is 23.6. The van der Waals surface area contributed by atoms with Crippen LogP contribution in [0.15, 0.2) is 77.7 Å². The van der Waals surface area contributed by atoms with Crippen LogP contribution in [0.5, 0.6) is 5.75 Å². The second-order valence-corrected chi connectivity index (χ2v) is 11.7. The number of hydrogen-bond acceptors (Lipinski definition) is 6. The summed E-state index contributed by atoms with van der Waals surface area (Å²) in [6.45, 7) is 7.53. The lowest BCUT2D eigenvalue weighted by molar-refractivity contribution is -0.128. The Bertz CT molecular complexity index is 1330. The van der Waals surface area contributed by atoms with E-state index < -0.39 is 11.2 Å². The topological polar surface area (TPSA) is 65.1 Å². The van der Waals surface area contributed by atoms with Crippen molar-refractivity contribution >= 4 is 35.0 Å². The number of methoxy groups -OCH3 is 1. The quantitative estimate of drug-likeness (QED) is 0.350. The van der Waals surface area contributed by atoms with Gasteiger partial charge in [-0.2, -0.15) is 0 Å². The first-order valence-electron chi connectivity index (χ1n) is 14.1. The maximum atomic E-state index is 13.6. The third kappa shape index (κ3) is 7.02. The highest BCUT2D eigenvalue weighted by molar-refractivity contribution is 8.01. The Kier molecular flexibility index (Phi) is 9.46. The van der Waals surface area contributed by atoms with E-state index in [9.17, 15) is 14.0 Å². The van der Waals surface area contributed by atoms with Gasteiger partial charge in [-0.15, -0.1) is 11.8 Å². The Labute approximate surface area is 245 Å². The van der Waals surface area contributed by atoms with Gasteiger partial charge in [0.1, 0.15) is 16.8 Å². The SMILES string of the molecule is COc1ccc(N2CCN(CCCNC(=O)[C@H](C)[C@@H]3Sc4ccccc4N(Cc4ccc(F)cc4)C3=O)CC2)cc1. The minimum Gasteiger partial charge on any atom is -0.497 e. The number of carbonyl (C=O) groups is 2. The van der Waals surface area contributed by atoms with Gasteiger partial charge in [0.25, 0.3) is 0 Å². The number of anilines is 2. The average molecular weight is 577 g/mol.